The molecule has 128 valence electrons. The molecule has 0 amide bonds. The van der Waals surface area contributed by atoms with Crippen molar-refractivity contribution in [1.29, 1.82) is 0 Å². The van der Waals surface area contributed by atoms with Gasteiger partial charge in [-0.05, 0) is 43.0 Å². The fourth-order valence-electron chi connectivity index (χ4n) is 3.38. The lowest BCUT2D eigenvalue weighted by molar-refractivity contribution is -0.112. The molecule has 2 aliphatic rings. The molecule has 1 aromatic carbocycles. The Morgan fingerprint density at radius 3 is 3.08 bits per heavy atom. The van der Waals surface area contributed by atoms with Crippen molar-refractivity contribution in [3.63, 3.8) is 0 Å². The third-order valence-electron chi connectivity index (χ3n) is 4.51. The number of hydrogen-bond donors (Lipinski definition) is 1. The van der Waals surface area contributed by atoms with E-state index in [1.54, 1.807) is 11.3 Å². The summed E-state index contributed by atoms with van der Waals surface area (Å²) in [4.78, 5) is 2.15. The highest BCUT2D eigenvalue weighted by molar-refractivity contribution is 7.07. The van der Waals surface area contributed by atoms with Crippen molar-refractivity contribution in [2.45, 2.75) is 38.4 Å². The van der Waals surface area contributed by atoms with Crippen LogP contribution in [0, 0.1) is 5.82 Å². The fourth-order valence-corrected chi connectivity index (χ4v) is 4.04. The maximum absolute atomic E-state index is 14.0. The van der Waals surface area contributed by atoms with Crippen molar-refractivity contribution >= 4 is 11.3 Å². The van der Waals surface area contributed by atoms with E-state index in [1.807, 2.05) is 16.8 Å². The van der Waals surface area contributed by atoms with Crippen LogP contribution in [0.5, 0.6) is 5.75 Å². The van der Waals surface area contributed by atoms with E-state index < -0.39 is 6.29 Å². The largest absolute Gasteiger partial charge is 0.460 e. The molecular weight excluding hydrogens is 329 g/mol. The SMILES string of the molecule is O[C@H]1CCCN(Cc2cc(F)cc3c2O[C@@H](c2ccsc2)OC3)C1. The molecule has 6 heteroatoms. The van der Waals surface area contributed by atoms with Crippen LogP contribution >= 0.6 is 11.3 Å². The fraction of sp³-hybridized carbons (Fsp3) is 0.444. The van der Waals surface area contributed by atoms with E-state index in [-0.39, 0.29) is 11.9 Å². The average molecular weight is 349 g/mol. The second-order valence-corrected chi connectivity index (χ2v) is 7.18. The van der Waals surface area contributed by atoms with Crippen LogP contribution in [0.2, 0.25) is 0 Å². The standard InChI is InChI=1S/C18H20FNO3S/c19-15-6-13(8-20-4-1-2-16(21)9-20)17-14(7-15)10-22-18(23-17)12-3-5-24-11-12/h3,5-7,11,16,18,21H,1-2,4,8-10H2/t16-,18-/m0/s1. The highest BCUT2D eigenvalue weighted by atomic mass is 32.1. The summed E-state index contributed by atoms with van der Waals surface area (Å²) in [7, 11) is 0. The van der Waals surface area contributed by atoms with Crippen LogP contribution in [0.4, 0.5) is 4.39 Å². The first-order chi connectivity index (χ1) is 11.7. The van der Waals surface area contributed by atoms with Gasteiger partial charge in [0.25, 0.3) is 0 Å². The first-order valence-electron chi connectivity index (χ1n) is 8.21. The molecule has 0 bridgehead atoms. The van der Waals surface area contributed by atoms with E-state index in [4.69, 9.17) is 9.47 Å². The monoisotopic (exact) mass is 349 g/mol. The number of piperidine rings is 1. The molecule has 2 aromatic rings. The maximum Gasteiger partial charge on any atom is 0.227 e. The minimum Gasteiger partial charge on any atom is -0.460 e. The molecule has 2 atom stereocenters. The molecule has 1 saturated heterocycles. The summed E-state index contributed by atoms with van der Waals surface area (Å²) in [5.74, 6) is 0.446. The number of thiophene rings is 1. The summed E-state index contributed by atoms with van der Waals surface area (Å²) in [6.45, 7) is 2.44. The van der Waals surface area contributed by atoms with Gasteiger partial charge in [0, 0.05) is 35.2 Å². The normalized spacial score (nSPS) is 24.4. The van der Waals surface area contributed by atoms with Gasteiger partial charge in [-0.25, -0.2) is 4.39 Å². The number of nitrogens with zero attached hydrogens (tertiary/aromatic N) is 1. The molecule has 4 nitrogen and oxygen atoms in total. The first kappa shape index (κ1) is 16.0. The van der Waals surface area contributed by atoms with Crippen LogP contribution in [0.3, 0.4) is 0 Å². The summed E-state index contributed by atoms with van der Waals surface area (Å²) in [6, 6.07) is 4.99. The smallest absolute Gasteiger partial charge is 0.227 e. The summed E-state index contributed by atoms with van der Waals surface area (Å²) >= 11 is 1.59. The topological polar surface area (TPSA) is 41.9 Å². The van der Waals surface area contributed by atoms with E-state index in [2.05, 4.69) is 4.90 Å². The molecular formula is C18H20FNO3S. The number of rotatable bonds is 3. The van der Waals surface area contributed by atoms with E-state index in [0.717, 1.165) is 41.8 Å². The van der Waals surface area contributed by atoms with Crippen molar-refractivity contribution in [2.24, 2.45) is 0 Å². The van der Waals surface area contributed by atoms with Gasteiger partial charge in [-0.2, -0.15) is 11.3 Å². The van der Waals surface area contributed by atoms with Crippen molar-refractivity contribution in [3.8, 4) is 5.75 Å². The van der Waals surface area contributed by atoms with Gasteiger partial charge in [-0.3, -0.25) is 4.90 Å². The average Bonchev–Trinajstić information content (AvgIpc) is 3.09. The van der Waals surface area contributed by atoms with Gasteiger partial charge in [-0.15, -0.1) is 0 Å². The van der Waals surface area contributed by atoms with Crippen LogP contribution in [-0.2, 0) is 17.9 Å². The lowest BCUT2D eigenvalue weighted by Gasteiger charge is -2.32. The maximum atomic E-state index is 14.0. The molecule has 24 heavy (non-hydrogen) atoms. The number of fused-ring (bicyclic) bond motifs is 1. The number of aliphatic hydroxyl groups excluding tert-OH is 1. The highest BCUT2D eigenvalue weighted by Crippen LogP contribution is 2.37. The molecule has 1 fully saturated rings. The second-order valence-electron chi connectivity index (χ2n) is 6.40. The van der Waals surface area contributed by atoms with E-state index in [9.17, 15) is 9.50 Å². The summed E-state index contributed by atoms with van der Waals surface area (Å²) in [6.07, 6.45) is 1.05. The molecule has 1 aromatic heterocycles. The molecule has 0 unspecified atom stereocenters. The van der Waals surface area contributed by atoms with Gasteiger partial charge in [-0.1, -0.05) is 0 Å². The lowest BCUT2D eigenvalue weighted by atomic mass is 10.0. The van der Waals surface area contributed by atoms with Gasteiger partial charge in [0.15, 0.2) is 0 Å². The van der Waals surface area contributed by atoms with Gasteiger partial charge in [0.1, 0.15) is 11.6 Å². The molecule has 3 heterocycles. The third-order valence-corrected chi connectivity index (χ3v) is 5.21. The van der Waals surface area contributed by atoms with Crippen LogP contribution in [0.25, 0.3) is 0 Å². The Kier molecular flexibility index (Phi) is 4.54. The van der Waals surface area contributed by atoms with Crippen molar-refractivity contribution in [1.82, 2.24) is 4.90 Å². The molecule has 2 aliphatic heterocycles. The molecule has 0 radical (unpaired) electrons. The number of halogens is 1. The zero-order valence-electron chi connectivity index (χ0n) is 13.3. The Morgan fingerprint density at radius 1 is 1.38 bits per heavy atom. The van der Waals surface area contributed by atoms with Crippen molar-refractivity contribution in [2.75, 3.05) is 13.1 Å². The summed E-state index contributed by atoms with van der Waals surface area (Å²) in [5, 5.41) is 13.8. The van der Waals surface area contributed by atoms with E-state index in [1.165, 1.54) is 12.1 Å². The van der Waals surface area contributed by atoms with Gasteiger partial charge in [0.05, 0.1) is 12.7 Å². The first-order valence-corrected chi connectivity index (χ1v) is 9.15. The third kappa shape index (κ3) is 3.32. The van der Waals surface area contributed by atoms with Gasteiger partial charge >= 0.3 is 0 Å². The Bertz CT molecular complexity index is 707. The number of hydrogen-bond acceptors (Lipinski definition) is 5. The van der Waals surface area contributed by atoms with Crippen LogP contribution in [0.1, 0.15) is 35.8 Å². The predicted molar refractivity (Wildman–Crippen MR) is 89.4 cm³/mol. The Balaban J connectivity index is 1.59. The van der Waals surface area contributed by atoms with Gasteiger partial charge < -0.3 is 14.6 Å². The number of benzene rings is 1. The molecule has 0 spiro atoms. The Morgan fingerprint density at radius 2 is 2.29 bits per heavy atom. The number of ether oxygens (including phenoxy) is 2. The molecule has 0 saturated carbocycles. The number of β-amino-alcohol motifs (C(OH)–C–C–N with tert-alkyl or cyclic N) is 1. The zero-order chi connectivity index (χ0) is 16.5. The van der Waals surface area contributed by atoms with Crippen molar-refractivity contribution < 1.29 is 19.0 Å². The lowest BCUT2D eigenvalue weighted by Crippen LogP contribution is -2.37. The van der Waals surface area contributed by atoms with Crippen LogP contribution in [-0.4, -0.2) is 29.2 Å². The van der Waals surface area contributed by atoms with Crippen LogP contribution in [0.15, 0.2) is 29.0 Å². The van der Waals surface area contributed by atoms with Crippen LogP contribution < -0.4 is 4.74 Å². The van der Waals surface area contributed by atoms with E-state index >= 15 is 0 Å². The second kappa shape index (κ2) is 6.80. The Hall–Kier alpha value is -1.47. The zero-order valence-corrected chi connectivity index (χ0v) is 14.1. The minimum atomic E-state index is -0.445. The molecule has 0 aliphatic carbocycles. The molecule has 4 rings (SSSR count). The van der Waals surface area contributed by atoms with Gasteiger partial charge in [0.2, 0.25) is 6.29 Å². The highest BCUT2D eigenvalue weighted by Gasteiger charge is 2.27. The number of likely N-dealkylation sites (tertiary alicyclic amines) is 1. The van der Waals surface area contributed by atoms with Crippen molar-refractivity contribution in [3.05, 3.63) is 51.5 Å². The quantitative estimate of drug-likeness (QED) is 0.922. The summed E-state index contributed by atoms with van der Waals surface area (Å²) in [5.41, 5.74) is 2.55. The molecule has 1 N–H and O–H groups in total. The Labute approximate surface area is 144 Å². The number of aliphatic hydroxyl groups is 1. The predicted octanol–water partition coefficient (Wildman–Crippen LogP) is 3.45. The van der Waals surface area contributed by atoms with E-state index in [0.29, 0.717) is 19.7 Å². The minimum absolute atomic E-state index is 0.275. The summed E-state index contributed by atoms with van der Waals surface area (Å²) < 4.78 is 25.8.